The second-order valence-electron chi connectivity index (χ2n) is 5.82. The van der Waals surface area contributed by atoms with Crippen LogP contribution in [0.1, 0.15) is 43.7 Å². The van der Waals surface area contributed by atoms with Gasteiger partial charge in [0.1, 0.15) is 5.82 Å². The van der Waals surface area contributed by atoms with Crippen LogP contribution in [0.25, 0.3) is 0 Å². The van der Waals surface area contributed by atoms with Crippen molar-refractivity contribution in [3.63, 3.8) is 0 Å². The topological polar surface area (TPSA) is 32.3 Å². The summed E-state index contributed by atoms with van der Waals surface area (Å²) in [5.74, 6) is -1.32. The first-order valence-electron chi connectivity index (χ1n) is 7.03. The Balaban J connectivity index is 2.23. The van der Waals surface area contributed by atoms with Crippen LogP contribution >= 0.6 is 0 Å². The number of piperidine rings is 1. The fourth-order valence-electron chi connectivity index (χ4n) is 2.77. The van der Waals surface area contributed by atoms with Crippen molar-refractivity contribution in [3.05, 3.63) is 35.1 Å². The van der Waals surface area contributed by atoms with Gasteiger partial charge in [0.25, 0.3) is 0 Å². The van der Waals surface area contributed by atoms with Gasteiger partial charge in [0.05, 0.1) is 11.2 Å². The number of hydrogen-bond donors (Lipinski definition) is 2. The van der Waals surface area contributed by atoms with Crippen LogP contribution in [-0.2, 0) is 11.8 Å². The van der Waals surface area contributed by atoms with Crippen molar-refractivity contribution in [2.75, 3.05) is 6.54 Å². The second-order valence-corrected chi connectivity index (χ2v) is 5.82. The van der Waals surface area contributed by atoms with E-state index >= 15 is 0 Å². The molecule has 0 amide bonds. The summed E-state index contributed by atoms with van der Waals surface area (Å²) in [6, 6.07) is 2.75. The molecule has 118 valence electrons. The highest BCUT2D eigenvalue weighted by molar-refractivity contribution is 5.31. The molecule has 1 aliphatic heterocycles. The molecule has 0 radical (unpaired) electrons. The second kappa shape index (κ2) is 5.93. The van der Waals surface area contributed by atoms with E-state index in [4.69, 9.17) is 0 Å². The van der Waals surface area contributed by atoms with E-state index in [1.807, 2.05) is 0 Å². The predicted molar refractivity (Wildman–Crippen MR) is 71.2 cm³/mol. The molecule has 0 bridgehead atoms. The van der Waals surface area contributed by atoms with E-state index < -0.39 is 23.2 Å². The summed E-state index contributed by atoms with van der Waals surface area (Å²) >= 11 is 0. The number of halogens is 4. The Morgan fingerprint density at radius 3 is 2.57 bits per heavy atom. The lowest BCUT2D eigenvalue weighted by Gasteiger charge is -2.32. The number of hydrogen-bond acceptors (Lipinski definition) is 2. The molecule has 2 rings (SSSR count). The number of nitrogens with one attached hydrogen (secondary N) is 1. The minimum Gasteiger partial charge on any atom is -0.385 e. The Labute approximate surface area is 121 Å². The molecule has 0 spiro atoms. The van der Waals surface area contributed by atoms with Crippen molar-refractivity contribution in [3.8, 4) is 0 Å². The summed E-state index contributed by atoms with van der Waals surface area (Å²) in [7, 11) is 0. The molecule has 1 heterocycles. The summed E-state index contributed by atoms with van der Waals surface area (Å²) < 4.78 is 51.5. The maximum atomic E-state index is 13.3. The highest BCUT2D eigenvalue weighted by Crippen LogP contribution is 2.35. The first kappa shape index (κ1) is 16.2. The van der Waals surface area contributed by atoms with E-state index in [1.54, 1.807) is 0 Å². The molecule has 6 heteroatoms. The van der Waals surface area contributed by atoms with Crippen LogP contribution in [0, 0.1) is 5.82 Å². The Morgan fingerprint density at radius 1 is 1.29 bits per heavy atom. The Hall–Kier alpha value is -1.14. The summed E-state index contributed by atoms with van der Waals surface area (Å²) in [4.78, 5) is 0. The first-order valence-corrected chi connectivity index (χ1v) is 7.03. The van der Waals surface area contributed by atoms with Crippen LogP contribution in [0.15, 0.2) is 18.2 Å². The summed E-state index contributed by atoms with van der Waals surface area (Å²) in [6.07, 6.45) is -1.49. The molecule has 0 aliphatic carbocycles. The molecule has 0 aromatic heterocycles. The molecule has 1 fully saturated rings. The van der Waals surface area contributed by atoms with Crippen LogP contribution in [0.4, 0.5) is 17.6 Å². The third-order valence-corrected chi connectivity index (χ3v) is 3.95. The third-order valence-electron chi connectivity index (χ3n) is 3.95. The van der Waals surface area contributed by atoms with Gasteiger partial charge in [0, 0.05) is 6.04 Å². The van der Waals surface area contributed by atoms with E-state index in [1.165, 1.54) is 13.0 Å². The van der Waals surface area contributed by atoms with Gasteiger partial charge in [0.15, 0.2) is 0 Å². The molecule has 0 saturated carbocycles. The maximum absolute atomic E-state index is 13.3. The van der Waals surface area contributed by atoms with Crippen molar-refractivity contribution in [2.45, 2.75) is 50.4 Å². The molecule has 21 heavy (non-hydrogen) atoms. The molecule has 2 N–H and O–H groups in total. The van der Waals surface area contributed by atoms with Crippen molar-refractivity contribution in [1.82, 2.24) is 5.32 Å². The number of benzene rings is 1. The molecule has 1 saturated heterocycles. The van der Waals surface area contributed by atoms with Crippen LogP contribution in [0.2, 0.25) is 0 Å². The van der Waals surface area contributed by atoms with Crippen molar-refractivity contribution < 1.29 is 22.7 Å². The molecule has 1 aliphatic rings. The lowest BCUT2D eigenvalue weighted by atomic mass is 9.85. The third kappa shape index (κ3) is 3.95. The average molecular weight is 305 g/mol. The van der Waals surface area contributed by atoms with Crippen molar-refractivity contribution in [1.29, 1.82) is 0 Å². The Morgan fingerprint density at radius 2 is 2.00 bits per heavy atom. The normalized spacial score (nSPS) is 22.9. The van der Waals surface area contributed by atoms with E-state index in [0.29, 0.717) is 12.5 Å². The Bertz CT molecular complexity index is 493. The van der Waals surface area contributed by atoms with Crippen LogP contribution in [-0.4, -0.2) is 17.7 Å². The van der Waals surface area contributed by atoms with Crippen LogP contribution < -0.4 is 5.32 Å². The van der Waals surface area contributed by atoms with E-state index in [2.05, 4.69) is 5.32 Å². The first-order chi connectivity index (χ1) is 9.70. The van der Waals surface area contributed by atoms with E-state index in [9.17, 15) is 22.7 Å². The quantitative estimate of drug-likeness (QED) is 0.837. The molecule has 2 atom stereocenters. The fourth-order valence-corrected chi connectivity index (χ4v) is 2.77. The SMILES string of the molecule is CC(O)(CC1CCCCN1)c1ccc(F)c(C(F)(F)F)c1. The highest BCUT2D eigenvalue weighted by atomic mass is 19.4. The monoisotopic (exact) mass is 305 g/mol. The minimum atomic E-state index is -4.76. The molecular formula is C15H19F4NO. The van der Waals surface area contributed by atoms with Gasteiger partial charge >= 0.3 is 6.18 Å². The van der Waals surface area contributed by atoms with Crippen LogP contribution in [0.5, 0.6) is 0 Å². The van der Waals surface area contributed by atoms with Crippen molar-refractivity contribution >= 4 is 0 Å². The lowest BCUT2D eigenvalue weighted by Crippen LogP contribution is -2.39. The van der Waals surface area contributed by atoms with Crippen molar-refractivity contribution in [2.24, 2.45) is 0 Å². The number of rotatable bonds is 3. The highest BCUT2D eigenvalue weighted by Gasteiger charge is 2.36. The standard InChI is InChI=1S/C15H19F4NO/c1-14(21,9-11-4-2-3-7-20-11)10-5-6-13(16)12(8-10)15(17,18)19/h5-6,8,11,20-21H,2-4,7,9H2,1H3. The van der Waals surface area contributed by atoms with Gasteiger partial charge in [-0.1, -0.05) is 12.5 Å². The number of alkyl halides is 3. The summed E-state index contributed by atoms with van der Waals surface area (Å²) in [5.41, 5.74) is -2.68. The zero-order valence-electron chi connectivity index (χ0n) is 11.8. The largest absolute Gasteiger partial charge is 0.419 e. The minimum absolute atomic E-state index is 0.0631. The van der Waals surface area contributed by atoms with E-state index in [-0.39, 0.29) is 11.6 Å². The average Bonchev–Trinajstić information content (AvgIpc) is 2.38. The fraction of sp³-hybridized carbons (Fsp3) is 0.600. The molecule has 1 aromatic rings. The smallest absolute Gasteiger partial charge is 0.385 e. The molecule has 2 unspecified atom stereocenters. The number of aliphatic hydroxyl groups is 1. The molecule has 1 aromatic carbocycles. The zero-order chi connectivity index (χ0) is 15.7. The van der Waals surface area contributed by atoms with Gasteiger partial charge in [-0.15, -0.1) is 0 Å². The molecular weight excluding hydrogens is 286 g/mol. The van der Waals surface area contributed by atoms with Gasteiger partial charge in [-0.25, -0.2) is 4.39 Å². The van der Waals surface area contributed by atoms with Crippen LogP contribution in [0.3, 0.4) is 0 Å². The predicted octanol–water partition coefficient (Wildman–Crippen LogP) is 3.58. The summed E-state index contributed by atoms with van der Waals surface area (Å²) in [6.45, 7) is 2.31. The van der Waals surface area contributed by atoms with Gasteiger partial charge in [-0.3, -0.25) is 0 Å². The van der Waals surface area contributed by atoms with Gasteiger partial charge in [-0.2, -0.15) is 13.2 Å². The zero-order valence-corrected chi connectivity index (χ0v) is 11.8. The lowest BCUT2D eigenvalue weighted by molar-refractivity contribution is -0.140. The van der Waals surface area contributed by atoms with Gasteiger partial charge in [0.2, 0.25) is 0 Å². The van der Waals surface area contributed by atoms with E-state index in [0.717, 1.165) is 31.9 Å². The molecule has 2 nitrogen and oxygen atoms in total. The van der Waals surface area contributed by atoms with Gasteiger partial charge in [-0.05, 0) is 50.4 Å². The Kier molecular flexibility index (Phi) is 4.58. The maximum Gasteiger partial charge on any atom is 0.419 e. The van der Waals surface area contributed by atoms with Gasteiger partial charge < -0.3 is 10.4 Å². The summed E-state index contributed by atoms with van der Waals surface area (Å²) in [5, 5.41) is 13.7.